The first-order chi connectivity index (χ1) is 11.2. The van der Waals surface area contributed by atoms with Gasteiger partial charge in [0.05, 0.1) is 6.61 Å². The maximum atomic E-state index is 11.7. The third-order valence-electron chi connectivity index (χ3n) is 3.07. The van der Waals surface area contributed by atoms with Gasteiger partial charge >= 0.3 is 0 Å². The first kappa shape index (κ1) is 17.7. The molecule has 0 aliphatic carbocycles. The fraction of sp³-hybridized carbons (Fsp3) is 0.278. The van der Waals surface area contributed by atoms with Crippen molar-refractivity contribution in [2.24, 2.45) is 0 Å². The first-order valence-electron chi connectivity index (χ1n) is 7.57. The summed E-state index contributed by atoms with van der Waals surface area (Å²) in [5.41, 5.74) is 0. The van der Waals surface area contributed by atoms with Crippen LogP contribution in [0.2, 0.25) is 5.02 Å². The summed E-state index contributed by atoms with van der Waals surface area (Å²) in [6, 6.07) is 17.3. The minimum Gasteiger partial charge on any atom is -0.494 e. The highest BCUT2D eigenvalue weighted by Gasteiger charge is 2.01. The van der Waals surface area contributed by atoms with Crippen molar-refractivity contribution in [3.05, 3.63) is 59.6 Å². The molecule has 0 aromatic heterocycles. The summed E-state index contributed by atoms with van der Waals surface area (Å²) in [5, 5.41) is 3.66. The predicted octanol–water partition coefficient (Wildman–Crippen LogP) is 4.41. The van der Waals surface area contributed by atoms with Gasteiger partial charge in [-0.05, 0) is 42.8 Å². The van der Waals surface area contributed by atoms with Crippen molar-refractivity contribution in [3.63, 3.8) is 0 Å². The van der Waals surface area contributed by atoms with Gasteiger partial charge in [-0.15, -0.1) is 11.8 Å². The number of halogens is 1. The topological polar surface area (TPSA) is 38.3 Å². The largest absolute Gasteiger partial charge is 0.494 e. The Morgan fingerprint density at radius 3 is 2.57 bits per heavy atom. The van der Waals surface area contributed by atoms with E-state index in [-0.39, 0.29) is 5.91 Å². The number of hydrogen-bond acceptors (Lipinski definition) is 3. The Hall–Kier alpha value is -1.65. The lowest BCUT2D eigenvalue weighted by Gasteiger charge is -2.07. The zero-order valence-electron chi connectivity index (χ0n) is 12.8. The van der Waals surface area contributed by atoms with E-state index in [1.807, 2.05) is 54.6 Å². The highest BCUT2D eigenvalue weighted by atomic mass is 35.5. The summed E-state index contributed by atoms with van der Waals surface area (Å²) in [5.74, 6) is 1.75. The van der Waals surface area contributed by atoms with Crippen LogP contribution in [0.1, 0.15) is 12.8 Å². The summed E-state index contributed by atoms with van der Waals surface area (Å²) < 4.78 is 5.55. The van der Waals surface area contributed by atoms with Gasteiger partial charge in [0.25, 0.3) is 0 Å². The summed E-state index contributed by atoms with van der Waals surface area (Å²) in [6.45, 7) is 1.21. The number of thioether (sulfide) groups is 1. The van der Waals surface area contributed by atoms with Gasteiger partial charge in [0.1, 0.15) is 5.75 Å². The van der Waals surface area contributed by atoms with Crippen LogP contribution < -0.4 is 10.1 Å². The average Bonchev–Trinajstić information content (AvgIpc) is 2.58. The first-order valence-corrected chi connectivity index (χ1v) is 8.93. The Labute approximate surface area is 146 Å². The van der Waals surface area contributed by atoms with Gasteiger partial charge in [-0.25, -0.2) is 0 Å². The standard InChI is InChI=1S/C18H20ClNO2S/c19-15-8-10-17(11-9-15)23-14-12-20-18(21)7-4-13-22-16-5-2-1-3-6-16/h1-3,5-6,8-11H,4,7,12-14H2,(H,20,21). The van der Waals surface area contributed by atoms with Crippen LogP contribution in [0.25, 0.3) is 0 Å². The summed E-state index contributed by atoms with van der Waals surface area (Å²) in [4.78, 5) is 12.9. The van der Waals surface area contributed by atoms with E-state index in [4.69, 9.17) is 16.3 Å². The molecule has 3 nitrogen and oxygen atoms in total. The molecule has 0 spiro atoms. The second kappa shape index (κ2) is 10.2. The van der Waals surface area contributed by atoms with Gasteiger partial charge in [-0.2, -0.15) is 0 Å². The molecule has 5 heteroatoms. The molecule has 0 atom stereocenters. The molecule has 0 aliphatic heterocycles. The summed E-state index contributed by atoms with van der Waals surface area (Å²) >= 11 is 7.54. The number of benzene rings is 2. The molecule has 0 radical (unpaired) electrons. The highest BCUT2D eigenvalue weighted by Crippen LogP contribution is 2.19. The number of carbonyl (C=O) groups excluding carboxylic acids is 1. The number of para-hydroxylation sites is 1. The highest BCUT2D eigenvalue weighted by molar-refractivity contribution is 7.99. The lowest BCUT2D eigenvalue weighted by Crippen LogP contribution is -2.25. The van der Waals surface area contributed by atoms with Crippen molar-refractivity contribution < 1.29 is 9.53 Å². The molecular weight excluding hydrogens is 330 g/mol. The Bertz CT molecular complexity index is 590. The summed E-state index contributed by atoms with van der Waals surface area (Å²) in [7, 11) is 0. The van der Waals surface area contributed by atoms with Gasteiger partial charge < -0.3 is 10.1 Å². The molecule has 1 amide bonds. The number of amides is 1. The third-order valence-corrected chi connectivity index (χ3v) is 4.33. The van der Waals surface area contributed by atoms with Crippen LogP contribution >= 0.6 is 23.4 Å². The molecule has 0 saturated carbocycles. The molecule has 2 aromatic carbocycles. The van der Waals surface area contributed by atoms with Crippen LogP contribution in [0.3, 0.4) is 0 Å². The maximum absolute atomic E-state index is 11.7. The second-order valence-electron chi connectivity index (χ2n) is 4.92. The molecule has 0 saturated heterocycles. The third kappa shape index (κ3) is 7.44. The van der Waals surface area contributed by atoms with Gasteiger partial charge in [-0.1, -0.05) is 29.8 Å². The van der Waals surface area contributed by atoms with Crippen LogP contribution in [-0.2, 0) is 4.79 Å². The van der Waals surface area contributed by atoms with E-state index in [0.717, 1.165) is 21.4 Å². The molecule has 23 heavy (non-hydrogen) atoms. The number of ether oxygens (including phenoxy) is 1. The van der Waals surface area contributed by atoms with Crippen LogP contribution in [-0.4, -0.2) is 24.8 Å². The fourth-order valence-electron chi connectivity index (χ4n) is 1.92. The Balaban J connectivity index is 1.51. The number of rotatable bonds is 9. The Morgan fingerprint density at radius 1 is 1.09 bits per heavy atom. The predicted molar refractivity (Wildman–Crippen MR) is 96.4 cm³/mol. The van der Waals surface area contributed by atoms with Crippen LogP contribution in [0.15, 0.2) is 59.5 Å². The molecule has 2 rings (SSSR count). The average molecular weight is 350 g/mol. The zero-order chi connectivity index (χ0) is 16.3. The van der Waals surface area contributed by atoms with Crippen molar-refractivity contribution in [2.75, 3.05) is 18.9 Å². The summed E-state index contributed by atoms with van der Waals surface area (Å²) in [6.07, 6.45) is 1.20. The van der Waals surface area contributed by atoms with E-state index in [1.54, 1.807) is 11.8 Å². The van der Waals surface area contributed by atoms with E-state index >= 15 is 0 Å². The normalized spacial score (nSPS) is 10.3. The zero-order valence-corrected chi connectivity index (χ0v) is 14.4. The number of hydrogen-bond donors (Lipinski definition) is 1. The van der Waals surface area contributed by atoms with E-state index in [9.17, 15) is 4.79 Å². The van der Waals surface area contributed by atoms with E-state index < -0.39 is 0 Å². The van der Waals surface area contributed by atoms with E-state index in [2.05, 4.69) is 5.32 Å². The van der Waals surface area contributed by atoms with E-state index in [1.165, 1.54) is 0 Å². The van der Waals surface area contributed by atoms with Gasteiger partial charge in [0.15, 0.2) is 0 Å². The lowest BCUT2D eigenvalue weighted by atomic mass is 10.3. The quantitative estimate of drug-likeness (QED) is 0.538. The van der Waals surface area contributed by atoms with Crippen molar-refractivity contribution in [1.29, 1.82) is 0 Å². The molecule has 1 N–H and O–H groups in total. The number of carbonyl (C=O) groups is 1. The molecule has 0 heterocycles. The van der Waals surface area contributed by atoms with Crippen molar-refractivity contribution in [1.82, 2.24) is 5.32 Å². The van der Waals surface area contributed by atoms with Crippen molar-refractivity contribution in [3.8, 4) is 5.75 Å². The Kier molecular flexibility index (Phi) is 7.84. The van der Waals surface area contributed by atoms with Crippen LogP contribution in [0, 0.1) is 0 Å². The minimum atomic E-state index is 0.0679. The SMILES string of the molecule is O=C(CCCOc1ccccc1)NCCSc1ccc(Cl)cc1. The second-order valence-corrected chi connectivity index (χ2v) is 6.52. The van der Waals surface area contributed by atoms with Gasteiger partial charge in [0.2, 0.25) is 5.91 Å². The monoisotopic (exact) mass is 349 g/mol. The fourth-order valence-corrected chi connectivity index (χ4v) is 2.81. The van der Waals surface area contributed by atoms with Gasteiger partial charge in [0, 0.05) is 28.6 Å². The van der Waals surface area contributed by atoms with Crippen molar-refractivity contribution in [2.45, 2.75) is 17.7 Å². The van der Waals surface area contributed by atoms with Crippen LogP contribution in [0.5, 0.6) is 5.75 Å². The lowest BCUT2D eigenvalue weighted by molar-refractivity contribution is -0.121. The molecule has 122 valence electrons. The minimum absolute atomic E-state index is 0.0679. The van der Waals surface area contributed by atoms with E-state index in [0.29, 0.717) is 26.0 Å². The molecule has 0 unspecified atom stereocenters. The smallest absolute Gasteiger partial charge is 0.220 e. The molecule has 0 fully saturated rings. The van der Waals surface area contributed by atoms with Crippen molar-refractivity contribution >= 4 is 29.3 Å². The number of nitrogens with one attached hydrogen (secondary N) is 1. The molecule has 0 bridgehead atoms. The maximum Gasteiger partial charge on any atom is 0.220 e. The Morgan fingerprint density at radius 2 is 1.83 bits per heavy atom. The molecule has 2 aromatic rings. The molecule has 0 aliphatic rings. The van der Waals surface area contributed by atoms with Crippen LogP contribution in [0.4, 0.5) is 0 Å². The van der Waals surface area contributed by atoms with Gasteiger partial charge in [-0.3, -0.25) is 4.79 Å². The molecular formula is C18H20ClNO2S.